The van der Waals surface area contributed by atoms with E-state index in [2.05, 4.69) is 15.3 Å². The van der Waals surface area contributed by atoms with Gasteiger partial charge in [-0.1, -0.05) is 0 Å². The Labute approximate surface area is 84.3 Å². The second kappa shape index (κ2) is 4.76. The number of hydrogen-bond donors (Lipinski definition) is 2. The van der Waals surface area contributed by atoms with Crippen molar-refractivity contribution in [2.45, 2.75) is 13.0 Å². The first-order valence-electron chi connectivity index (χ1n) is 4.59. The van der Waals surface area contributed by atoms with Crippen LogP contribution in [0.25, 0.3) is 0 Å². The van der Waals surface area contributed by atoms with Crippen LogP contribution >= 0.6 is 0 Å². The second-order valence-electron chi connectivity index (χ2n) is 3.44. The lowest BCUT2D eigenvalue weighted by Gasteiger charge is -2.15. The van der Waals surface area contributed by atoms with Gasteiger partial charge in [-0.15, -0.1) is 0 Å². The SMILES string of the molecule is CC(CN)Nc1cc(N(C)C)ncn1. The van der Waals surface area contributed by atoms with Crippen LogP contribution in [0.4, 0.5) is 11.6 Å². The Balaban J connectivity index is 2.73. The van der Waals surface area contributed by atoms with E-state index in [4.69, 9.17) is 5.73 Å². The Morgan fingerprint density at radius 3 is 2.79 bits per heavy atom. The molecule has 0 bridgehead atoms. The van der Waals surface area contributed by atoms with Crippen molar-refractivity contribution in [3.8, 4) is 0 Å². The van der Waals surface area contributed by atoms with Crippen LogP contribution in [-0.2, 0) is 0 Å². The molecule has 0 saturated heterocycles. The van der Waals surface area contributed by atoms with Gasteiger partial charge >= 0.3 is 0 Å². The third-order valence-corrected chi connectivity index (χ3v) is 1.86. The second-order valence-corrected chi connectivity index (χ2v) is 3.44. The van der Waals surface area contributed by atoms with E-state index in [1.807, 2.05) is 32.0 Å². The number of nitrogens with zero attached hydrogens (tertiary/aromatic N) is 3. The highest BCUT2D eigenvalue weighted by atomic mass is 15.2. The van der Waals surface area contributed by atoms with Gasteiger partial charge in [-0.2, -0.15) is 0 Å². The van der Waals surface area contributed by atoms with Crippen molar-refractivity contribution in [1.29, 1.82) is 0 Å². The van der Waals surface area contributed by atoms with E-state index in [0.29, 0.717) is 6.54 Å². The summed E-state index contributed by atoms with van der Waals surface area (Å²) < 4.78 is 0. The van der Waals surface area contributed by atoms with Gasteiger partial charge in [0.05, 0.1) is 0 Å². The van der Waals surface area contributed by atoms with E-state index >= 15 is 0 Å². The van der Waals surface area contributed by atoms with Gasteiger partial charge in [0.2, 0.25) is 0 Å². The Hall–Kier alpha value is -1.36. The molecular weight excluding hydrogens is 178 g/mol. The van der Waals surface area contributed by atoms with E-state index in [1.54, 1.807) is 6.33 Å². The Kier molecular flexibility index (Phi) is 3.64. The van der Waals surface area contributed by atoms with Crippen molar-refractivity contribution in [2.24, 2.45) is 5.73 Å². The zero-order valence-electron chi connectivity index (χ0n) is 8.86. The van der Waals surface area contributed by atoms with E-state index in [9.17, 15) is 0 Å². The zero-order valence-corrected chi connectivity index (χ0v) is 8.86. The minimum absolute atomic E-state index is 0.222. The first kappa shape index (κ1) is 10.7. The third-order valence-electron chi connectivity index (χ3n) is 1.86. The summed E-state index contributed by atoms with van der Waals surface area (Å²) >= 11 is 0. The number of aromatic nitrogens is 2. The van der Waals surface area contributed by atoms with Crippen LogP contribution in [0.1, 0.15) is 6.92 Å². The lowest BCUT2D eigenvalue weighted by atomic mass is 10.3. The van der Waals surface area contributed by atoms with Crippen LogP contribution in [0, 0.1) is 0 Å². The van der Waals surface area contributed by atoms with Crippen LogP contribution in [0.2, 0.25) is 0 Å². The normalized spacial score (nSPS) is 12.3. The molecule has 78 valence electrons. The van der Waals surface area contributed by atoms with Crippen molar-refractivity contribution in [3.05, 3.63) is 12.4 Å². The predicted molar refractivity (Wildman–Crippen MR) is 58.5 cm³/mol. The fraction of sp³-hybridized carbons (Fsp3) is 0.556. The molecule has 0 amide bonds. The Bertz CT molecular complexity index is 286. The van der Waals surface area contributed by atoms with Gasteiger partial charge in [0, 0.05) is 32.7 Å². The molecule has 1 unspecified atom stereocenters. The maximum absolute atomic E-state index is 5.50. The van der Waals surface area contributed by atoms with Gasteiger partial charge in [-0.05, 0) is 6.92 Å². The standard InChI is InChI=1S/C9H17N5/c1-7(5-10)13-8-4-9(14(2)3)12-6-11-8/h4,6-7H,5,10H2,1-3H3,(H,11,12,13). The molecule has 1 atom stereocenters. The number of rotatable bonds is 4. The molecule has 1 aromatic heterocycles. The molecule has 0 aromatic carbocycles. The molecule has 3 N–H and O–H groups in total. The molecule has 0 aliphatic heterocycles. The summed E-state index contributed by atoms with van der Waals surface area (Å²) in [6.07, 6.45) is 1.54. The summed E-state index contributed by atoms with van der Waals surface area (Å²) in [7, 11) is 3.89. The molecule has 0 spiro atoms. The first-order valence-corrected chi connectivity index (χ1v) is 4.59. The maximum Gasteiger partial charge on any atom is 0.133 e. The molecule has 0 radical (unpaired) electrons. The van der Waals surface area contributed by atoms with Gasteiger partial charge in [0.25, 0.3) is 0 Å². The van der Waals surface area contributed by atoms with Crippen LogP contribution in [0.5, 0.6) is 0 Å². The van der Waals surface area contributed by atoms with Crippen molar-refractivity contribution < 1.29 is 0 Å². The number of anilines is 2. The average Bonchev–Trinajstić information content (AvgIpc) is 2.18. The summed E-state index contributed by atoms with van der Waals surface area (Å²) in [5.41, 5.74) is 5.50. The van der Waals surface area contributed by atoms with E-state index < -0.39 is 0 Å². The lowest BCUT2D eigenvalue weighted by molar-refractivity contribution is 0.796. The fourth-order valence-electron chi connectivity index (χ4n) is 0.982. The summed E-state index contributed by atoms with van der Waals surface area (Å²) in [5.74, 6) is 1.69. The summed E-state index contributed by atoms with van der Waals surface area (Å²) in [6.45, 7) is 2.60. The van der Waals surface area contributed by atoms with Crippen LogP contribution in [0.15, 0.2) is 12.4 Å². The molecule has 1 heterocycles. The Morgan fingerprint density at radius 2 is 2.21 bits per heavy atom. The molecule has 0 aliphatic rings. The van der Waals surface area contributed by atoms with Gasteiger partial charge in [0.15, 0.2) is 0 Å². The molecule has 1 aromatic rings. The molecule has 0 saturated carbocycles. The van der Waals surface area contributed by atoms with Crippen LogP contribution in [-0.4, -0.2) is 36.6 Å². The fourth-order valence-corrected chi connectivity index (χ4v) is 0.982. The van der Waals surface area contributed by atoms with Crippen LogP contribution < -0.4 is 16.0 Å². The molecule has 14 heavy (non-hydrogen) atoms. The van der Waals surface area contributed by atoms with Gasteiger partial charge in [0.1, 0.15) is 18.0 Å². The highest BCUT2D eigenvalue weighted by molar-refractivity contribution is 5.47. The molecule has 0 aliphatic carbocycles. The molecule has 0 fully saturated rings. The topological polar surface area (TPSA) is 67.1 Å². The smallest absolute Gasteiger partial charge is 0.133 e. The quantitative estimate of drug-likeness (QED) is 0.723. The lowest BCUT2D eigenvalue weighted by Crippen LogP contribution is -2.25. The number of hydrogen-bond acceptors (Lipinski definition) is 5. The summed E-state index contributed by atoms with van der Waals surface area (Å²) in [4.78, 5) is 10.2. The predicted octanol–water partition coefficient (Wildman–Crippen LogP) is 0.302. The van der Waals surface area contributed by atoms with Gasteiger partial charge in [-0.3, -0.25) is 0 Å². The maximum atomic E-state index is 5.50. The van der Waals surface area contributed by atoms with Crippen molar-refractivity contribution in [2.75, 3.05) is 30.9 Å². The third kappa shape index (κ3) is 2.85. The van der Waals surface area contributed by atoms with Crippen LogP contribution in [0.3, 0.4) is 0 Å². The van der Waals surface area contributed by atoms with E-state index in [1.165, 1.54) is 0 Å². The van der Waals surface area contributed by atoms with E-state index in [0.717, 1.165) is 11.6 Å². The largest absolute Gasteiger partial charge is 0.366 e. The molecule has 1 rings (SSSR count). The summed E-state index contributed by atoms with van der Waals surface area (Å²) in [6, 6.07) is 2.12. The minimum atomic E-state index is 0.222. The van der Waals surface area contributed by atoms with Crippen molar-refractivity contribution >= 4 is 11.6 Å². The van der Waals surface area contributed by atoms with E-state index in [-0.39, 0.29) is 6.04 Å². The molecule has 5 heteroatoms. The molecule has 5 nitrogen and oxygen atoms in total. The van der Waals surface area contributed by atoms with Gasteiger partial charge in [-0.25, -0.2) is 9.97 Å². The minimum Gasteiger partial charge on any atom is -0.366 e. The number of nitrogens with one attached hydrogen (secondary N) is 1. The first-order chi connectivity index (χ1) is 6.63. The summed E-state index contributed by atoms with van der Waals surface area (Å²) in [5, 5.41) is 3.18. The van der Waals surface area contributed by atoms with Crippen molar-refractivity contribution in [3.63, 3.8) is 0 Å². The van der Waals surface area contributed by atoms with Gasteiger partial charge < -0.3 is 16.0 Å². The zero-order chi connectivity index (χ0) is 10.6. The monoisotopic (exact) mass is 195 g/mol. The Morgan fingerprint density at radius 1 is 1.50 bits per heavy atom. The average molecular weight is 195 g/mol. The highest BCUT2D eigenvalue weighted by Crippen LogP contribution is 2.11. The highest BCUT2D eigenvalue weighted by Gasteiger charge is 2.02. The number of nitrogens with two attached hydrogens (primary N) is 1. The van der Waals surface area contributed by atoms with Crippen molar-refractivity contribution in [1.82, 2.24) is 9.97 Å². The molecular formula is C9H17N5.